The van der Waals surface area contributed by atoms with Crippen LogP contribution in [0.15, 0.2) is 48.5 Å². The molecule has 0 aliphatic carbocycles. The fraction of sp³-hybridized carbons (Fsp3) is 0.400. The van der Waals surface area contributed by atoms with Gasteiger partial charge in [-0.15, -0.1) is 0 Å². The van der Waals surface area contributed by atoms with Crippen LogP contribution in [0.5, 0.6) is 5.75 Å². The molecular weight excluding hydrogens is 300 g/mol. The minimum Gasteiger partial charge on any atom is -0.497 e. The van der Waals surface area contributed by atoms with Crippen molar-refractivity contribution in [3.63, 3.8) is 0 Å². The van der Waals surface area contributed by atoms with Crippen molar-refractivity contribution in [2.24, 2.45) is 0 Å². The second-order valence-corrected chi connectivity index (χ2v) is 6.22. The summed E-state index contributed by atoms with van der Waals surface area (Å²) in [4.78, 5) is 2.44. The third-order valence-electron chi connectivity index (χ3n) is 4.46. The van der Waals surface area contributed by atoms with E-state index in [1.165, 1.54) is 11.1 Å². The fourth-order valence-corrected chi connectivity index (χ4v) is 2.95. The van der Waals surface area contributed by atoms with Gasteiger partial charge in [-0.05, 0) is 42.3 Å². The van der Waals surface area contributed by atoms with Crippen LogP contribution in [-0.2, 0) is 11.3 Å². The van der Waals surface area contributed by atoms with Crippen LogP contribution in [0, 0.1) is 0 Å². The molecule has 3 rings (SSSR count). The third kappa shape index (κ3) is 4.49. The standard InChI is InChI=1S/C20H26N2O2/c1-16(18-5-9-20(23-2)10-6-18)21-19-7-3-17(4-8-19)15-22-11-13-24-14-12-22/h3-10,16,21H,11-15H2,1-2H3. The summed E-state index contributed by atoms with van der Waals surface area (Å²) in [7, 11) is 1.69. The Hall–Kier alpha value is -2.04. The van der Waals surface area contributed by atoms with E-state index in [-0.39, 0.29) is 6.04 Å². The number of nitrogens with one attached hydrogen (secondary N) is 1. The van der Waals surface area contributed by atoms with Crippen molar-refractivity contribution in [3.8, 4) is 5.75 Å². The van der Waals surface area contributed by atoms with Gasteiger partial charge in [0.2, 0.25) is 0 Å². The Balaban J connectivity index is 1.56. The number of hydrogen-bond acceptors (Lipinski definition) is 4. The highest BCUT2D eigenvalue weighted by Gasteiger charge is 2.11. The average Bonchev–Trinajstić information content (AvgIpc) is 2.64. The van der Waals surface area contributed by atoms with Crippen molar-refractivity contribution in [1.29, 1.82) is 0 Å². The van der Waals surface area contributed by atoms with Crippen LogP contribution in [0.25, 0.3) is 0 Å². The molecule has 0 saturated carbocycles. The monoisotopic (exact) mass is 326 g/mol. The molecule has 0 bridgehead atoms. The van der Waals surface area contributed by atoms with Crippen LogP contribution in [-0.4, -0.2) is 38.3 Å². The lowest BCUT2D eigenvalue weighted by molar-refractivity contribution is 0.0342. The van der Waals surface area contributed by atoms with Gasteiger partial charge in [-0.25, -0.2) is 0 Å². The molecule has 1 unspecified atom stereocenters. The molecule has 128 valence electrons. The zero-order valence-corrected chi connectivity index (χ0v) is 14.5. The Labute approximate surface area is 144 Å². The Morgan fingerprint density at radius 3 is 2.33 bits per heavy atom. The molecular formula is C20H26N2O2. The maximum absolute atomic E-state index is 5.40. The van der Waals surface area contributed by atoms with Gasteiger partial charge in [-0.3, -0.25) is 4.90 Å². The van der Waals surface area contributed by atoms with E-state index in [0.717, 1.165) is 44.3 Å². The number of ether oxygens (including phenoxy) is 2. The van der Waals surface area contributed by atoms with E-state index in [1.54, 1.807) is 7.11 Å². The summed E-state index contributed by atoms with van der Waals surface area (Å²) in [6.07, 6.45) is 0. The SMILES string of the molecule is COc1ccc(C(C)Nc2ccc(CN3CCOCC3)cc2)cc1. The zero-order valence-electron chi connectivity index (χ0n) is 14.5. The van der Waals surface area contributed by atoms with Crippen molar-refractivity contribution in [3.05, 3.63) is 59.7 Å². The van der Waals surface area contributed by atoms with E-state index in [9.17, 15) is 0 Å². The van der Waals surface area contributed by atoms with Gasteiger partial charge in [0, 0.05) is 31.4 Å². The molecule has 1 saturated heterocycles. The van der Waals surface area contributed by atoms with Gasteiger partial charge in [-0.2, -0.15) is 0 Å². The molecule has 0 amide bonds. The summed E-state index contributed by atoms with van der Waals surface area (Å²) in [6.45, 7) is 6.90. The number of nitrogens with zero attached hydrogens (tertiary/aromatic N) is 1. The Morgan fingerprint density at radius 2 is 1.71 bits per heavy atom. The highest BCUT2D eigenvalue weighted by molar-refractivity contribution is 5.47. The number of anilines is 1. The molecule has 1 aliphatic rings. The molecule has 24 heavy (non-hydrogen) atoms. The molecule has 2 aromatic rings. The maximum atomic E-state index is 5.40. The second-order valence-electron chi connectivity index (χ2n) is 6.22. The predicted octanol–water partition coefficient (Wildman–Crippen LogP) is 3.70. The smallest absolute Gasteiger partial charge is 0.118 e. The van der Waals surface area contributed by atoms with Crippen LogP contribution in [0.4, 0.5) is 5.69 Å². The van der Waals surface area contributed by atoms with Crippen LogP contribution in [0.2, 0.25) is 0 Å². The summed E-state index contributed by atoms with van der Waals surface area (Å²) in [5, 5.41) is 3.55. The second kappa shape index (κ2) is 8.18. The number of rotatable bonds is 6. The molecule has 1 atom stereocenters. The minimum absolute atomic E-state index is 0.251. The number of morpholine rings is 1. The first-order chi connectivity index (χ1) is 11.7. The quantitative estimate of drug-likeness (QED) is 0.877. The van der Waals surface area contributed by atoms with Crippen LogP contribution >= 0.6 is 0 Å². The van der Waals surface area contributed by atoms with E-state index < -0.39 is 0 Å². The van der Waals surface area contributed by atoms with Gasteiger partial charge in [0.1, 0.15) is 5.75 Å². The molecule has 4 heteroatoms. The van der Waals surface area contributed by atoms with Crippen molar-refractivity contribution in [2.75, 3.05) is 38.7 Å². The van der Waals surface area contributed by atoms with Crippen molar-refractivity contribution in [1.82, 2.24) is 4.90 Å². The summed E-state index contributed by atoms with van der Waals surface area (Å²) in [5.41, 5.74) is 3.73. The largest absolute Gasteiger partial charge is 0.497 e. The van der Waals surface area contributed by atoms with Crippen LogP contribution in [0.3, 0.4) is 0 Å². The van der Waals surface area contributed by atoms with Gasteiger partial charge in [0.25, 0.3) is 0 Å². The van der Waals surface area contributed by atoms with Gasteiger partial charge in [0.15, 0.2) is 0 Å². The number of hydrogen-bond donors (Lipinski definition) is 1. The average molecular weight is 326 g/mol. The Morgan fingerprint density at radius 1 is 1.04 bits per heavy atom. The molecule has 4 nitrogen and oxygen atoms in total. The fourth-order valence-electron chi connectivity index (χ4n) is 2.95. The number of benzene rings is 2. The molecule has 1 fully saturated rings. The first-order valence-corrected chi connectivity index (χ1v) is 8.54. The highest BCUT2D eigenvalue weighted by Crippen LogP contribution is 2.22. The van der Waals surface area contributed by atoms with Crippen molar-refractivity contribution in [2.45, 2.75) is 19.5 Å². The van der Waals surface area contributed by atoms with Crippen LogP contribution < -0.4 is 10.1 Å². The maximum Gasteiger partial charge on any atom is 0.118 e. The van der Waals surface area contributed by atoms with E-state index in [4.69, 9.17) is 9.47 Å². The lowest BCUT2D eigenvalue weighted by Gasteiger charge is -2.26. The molecule has 0 aromatic heterocycles. The molecule has 1 aliphatic heterocycles. The van der Waals surface area contributed by atoms with E-state index in [1.807, 2.05) is 12.1 Å². The third-order valence-corrected chi connectivity index (χ3v) is 4.46. The first kappa shape index (κ1) is 16.8. The molecule has 2 aromatic carbocycles. The van der Waals surface area contributed by atoms with Crippen molar-refractivity contribution < 1.29 is 9.47 Å². The highest BCUT2D eigenvalue weighted by atomic mass is 16.5. The topological polar surface area (TPSA) is 33.7 Å². The van der Waals surface area contributed by atoms with Crippen LogP contribution in [0.1, 0.15) is 24.1 Å². The molecule has 0 spiro atoms. The van der Waals surface area contributed by atoms with Gasteiger partial charge in [-0.1, -0.05) is 24.3 Å². The minimum atomic E-state index is 0.251. The summed E-state index contributed by atoms with van der Waals surface area (Å²) >= 11 is 0. The van der Waals surface area contributed by atoms with Gasteiger partial charge in [0.05, 0.1) is 20.3 Å². The first-order valence-electron chi connectivity index (χ1n) is 8.54. The summed E-state index contributed by atoms with van der Waals surface area (Å²) in [5.74, 6) is 0.887. The Bertz CT molecular complexity index is 619. The molecule has 0 radical (unpaired) electrons. The van der Waals surface area contributed by atoms with E-state index >= 15 is 0 Å². The summed E-state index contributed by atoms with van der Waals surface area (Å²) in [6, 6.07) is 17.2. The number of methoxy groups -OCH3 is 1. The molecule has 1 N–H and O–H groups in total. The van der Waals surface area contributed by atoms with E-state index in [0.29, 0.717) is 0 Å². The lowest BCUT2D eigenvalue weighted by atomic mass is 10.1. The van der Waals surface area contributed by atoms with Crippen molar-refractivity contribution >= 4 is 5.69 Å². The normalized spacial score (nSPS) is 16.6. The Kier molecular flexibility index (Phi) is 5.72. The zero-order chi connectivity index (χ0) is 16.8. The molecule has 1 heterocycles. The van der Waals surface area contributed by atoms with Gasteiger partial charge < -0.3 is 14.8 Å². The summed E-state index contributed by atoms with van der Waals surface area (Å²) < 4.78 is 10.6. The lowest BCUT2D eigenvalue weighted by Crippen LogP contribution is -2.35. The predicted molar refractivity (Wildman–Crippen MR) is 97.6 cm³/mol. The van der Waals surface area contributed by atoms with Gasteiger partial charge >= 0.3 is 0 Å². The van der Waals surface area contributed by atoms with E-state index in [2.05, 4.69) is 53.5 Å².